The molecule has 0 atom stereocenters. The third-order valence-electron chi connectivity index (χ3n) is 5.75. The minimum absolute atomic E-state index is 0.155. The van der Waals surface area contributed by atoms with E-state index < -0.39 is 15.1 Å². The van der Waals surface area contributed by atoms with Gasteiger partial charge in [-0.2, -0.15) is 0 Å². The predicted molar refractivity (Wildman–Crippen MR) is 116 cm³/mol. The average molecular weight is 427 g/mol. The van der Waals surface area contributed by atoms with Gasteiger partial charge in [0, 0.05) is 18.3 Å². The topological polar surface area (TPSA) is 105 Å². The number of H-pyrrole nitrogens is 1. The molecule has 1 saturated carbocycles. The van der Waals surface area contributed by atoms with Crippen molar-refractivity contribution < 1.29 is 13.2 Å². The first kappa shape index (κ1) is 20.5. The molecular formula is C22H26N4O3S. The van der Waals surface area contributed by atoms with Gasteiger partial charge in [-0.05, 0) is 44.7 Å². The molecule has 0 unspecified atom stereocenters. The summed E-state index contributed by atoms with van der Waals surface area (Å²) in [5.74, 6) is 0.402. The van der Waals surface area contributed by atoms with Gasteiger partial charge in [-0.3, -0.25) is 4.79 Å². The number of hydrogen-bond donors (Lipinski definition) is 2. The summed E-state index contributed by atoms with van der Waals surface area (Å²) in [6, 6.07) is 6.61. The summed E-state index contributed by atoms with van der Waals surface area (Å²) in [5, 5.41) is 2.54. The zero-order valence-electron chi connectivity index (χ0n) is 17.2. The van der Waals surface area contributed by atoms with E-state index in [9.17, 15) is 13.2 Å². The van der Waals surface area contributed by atoms with E-state index in [1.807, 2.05) is 0 Å². The molecule has 0 aliphatic heterocycles. The van der Waals surface area contributed by atoms with Crippen molar-refractivity contribution in [3.8, 4) is 11.3 Å². The van der Waals surface area contributed by atoms with Gasteiger partial charge in [-0.1, -0.05) is 25.0 Å². The Morgan fingerprint density at radius 3 is 2.57 bits per heavy atom. The normalized spacial score (nSPS) is 15.2. The van der Waals surface area contributed by atoms with Crippen molar-refractivity contribution >= 4 is 26.9 Å². The molecule has 2 aromatic heterocycles. The number of sulfone groups is 1. The van der Waals surface area contributed by atoms with Crippen LogP contribution in [-0.4, -0.2) is 41.1 Å². The molecule has 7 nitrogen and oxygen atoms in total. The van der Waals surface area contributed by atoms with Gasteiger partial charge in [0.25, 0.3) is 5.91 Å². The van der Waals surface area contributed by atoms with Crippen LogP contribution in [0, 0.1) is 5.92 Å². The van der Waals surface area contributed by atoms with Gasteiger partial charge >= 0.3 is 0 Å². The number of nitrogens with zero attached hydrogens (tertiary/aromatic N) is 2. The number of carbonyl (C=O) groups excluding carboxylic acids is 1. The van der Waals surface area contributed by atoms with Crippen molar-refractivity contribution in [3.63, 3.8) is 0 Å². The predicted octanol–water partition coefficient (Wildman–Crippen LogP) is 3.73. The number of hydrogen-bond acceptors (Lipinski definition) is 5. The Balaban J connectivity index is 1.58. The van der Waals surface area contributed by atoms with Crippen LogP contribution in [0.3, 0.4) is 0 Å². The highest BCUT2D eigenvalue weighted by molar-refractivity contribution is 7.92. The highest BCUT2D eigenvalue weighted by Crippen LogP contribution is 2.25. The van der Waals surface area contributed by atoms with Crippen LogP contribution in [0.5, 0.6) is 0 Å². The van der Waals surface area contributed by atoms with Crippen LogP contribution in [0.1, 0.15) is 49.9 Å². The first-order valence-electron chi connectivity index (χ1n) is 10.3. The van der Waals surface area contributed by atoms with Gasteiger partial charge in [0.2, 0.25) is 0 Å². The summed E-state index contributed by atoms with van der Waals surface area (Å²) < 4.78 is 24.6. The molecule has 1 aromatic carbocycles. The summed E-state index contributed by atoms with van der Waals surface area (Å²) in [7, 11) is -3.33. The Morgan fingerprint density at radius 1 is 1.20 bits per heavy atom. The maximum Gasteiger partial charge on any atom is 0.255 e. The molecule has 1 amide bonds. The summed E-state index contributed by atoms with van der Waals surface area (Å²) in [6.45, 7) is 4.01. The van der Waals surface area contributed by atoms with Crippen LogP contribution in [0.4, 0.5) is 0 Å². The number of fused-ring (bicyclic) bond motifs is 1. The Kier molecular flexibility index (Phi) is 5.60. The fourth-order valence-electron chi connectivity index (χ4n) is 3.84. The lowest BCUT2D eigenvalue weighted by molar-refractivity contribution is 0.0949. The third kappa shape index (κ3) is 3.96. The second-order valence-electron chi connectivity index (χ2n) is 8.13. The lowest BCUT2D eigenvalue weighted by atomic mass is 10.1. The van der Waals surface area contributed by atoms with E-state index in [1.54, 1.807) is 50.5 Å². The SMILES string of the molecule is CC(C)S(=O)(=O)c1ccc(-c2cnc3[nH]cc(C(=O)NCC4CCCC4)c3n2)cc1. The highest BCUT2D eigenvalue weighted by atomic mass is 32.2. The van der Waals surface area contributed by atoms with Crippen molar-refractivity contribution in [1.82, 2.24) is 20.3 Å². The van der Waals surface area contributed by atoms with Crippen molar-refractivity contribution in [2.75, 3.05) is 6.54 Å². The van der Waals surface area contributed by atoms with Gasteiger partial charge in [-0.15, -0.1) is 0 Å². The molecular weight excluding hydrogens is 400 g/mol. The number of aromatic amines is 1. The van der Waals surface area contributed by atoms with Gasteiger partial charge in [-0.25, -0.2) is 18.4 Å². The van der Waals surface area contributed by atoms with E-state index in [0.717, 1.165) is 5.56 Å². The van der Waals surface area contributed by atoms with Crippen LogP contribution in [0.25, 0.3) is 22.4 Å². The lowest BCUT2D eigenvalue weighted by Crippen LogP contribution is -2.28. The zero-order chi connectivity index (χ0) is 21.3. The van der Waals surface area contributed by atoms with Crippen LogP contribution in [0.2, 0.25) is 0 Å². The fraction of sp³-hybridized carbons (Fsp3) is 0.409. The Bertz CT molecular complexity index is 1160. The molecule has 0 bridgehead atoms. The first-order valence-corrected chi connectivity index (χ1v) is 11.9. The Hall–Kier alpha value is -2.74. The number of carbonyl (C=O) groups is 1. The highest BCUT2D eigenvalue weighted by Gasteiger charge is 2.20. The van der Waals surface area contributed by atoms with Crippen molar-refractivity contribution in [2.45, 2.75) is 49.7 Å². The summed E-state index contributed by atoms with van der Waals surface area (Å²) in [4.78, 5) is 25.0. The van der Waals surface area contributed by atoms with Gasteiger partial charge in [0.15, 0.2) is 15.5 Å². The van der Waals surface area contributed by atoms with E-state index in [2.05, 4.69) is 20.3 Å². The molecule has 3 aromatic rings. The molecule has 0 radical (unpaired) electrons. The smallest absolute Gasteiger partial charge is 0.255 e. The van der Waals surface area contributed by atoms with Crippen LogP contribution < -0.4 is 5.32 Å². The first-order chi connectivity index (χ1) is 14.4. The molecule has 0 saturated heterocycles. The van der Waals surface area contributed by atoms with E-state index >= 15 is 0 Å². The van der Waals surface area contributed by atoms with Gasteiger partial charge < -0.3 is 10.3 Å². The second-order valence-corrected chi connectivity index (χ2v) is 10.6. The molecule has 1 aliphatic carbocycles. The zero-order valence-corrected chi connectivity index (χ0v) is 18.0. The molecule has 8 heteroatoms. The quantitative estimate of drug-likeness (QED) is 0.625. The number of benzene rings is 1. The molecule has 1 aliphatic rings. The van der Waals surface area contributed by atoms with E-state index in [-0.39, 0.29) is 10.8 Å². The van der Waals surface area contributed by atoms with Crippen LogP contribution >= 0.6 is 0 Å². The molecule has 0 spiro atoms. The van der Waals surface area contributed by atoms with Crippen LogP contribution in [-0.2, 0) is 9.84 Å². The maximum atomic E-state index is 12.7. The Morgan fingerprint density at radius 2 is 1.90 bits per heavy atom. The van der Waals surface area contributed by atoms with Gasteiger partial charge in [0.05, 0.1) is 27.6 Å². The minimum Gasteiger partial charge on any atom is -0.352 e. The number of amides is 1. The second kappa shape index (κ2) is 8.18. The molecule has 1 fully saturated rings. The van der Waals surface area contributed by atoms with Crippen molar-refractivity contribution in [2.24, 2.45) is 5.92 Å². The summed E-state index contributed by atoms with van der Waals surface area (Å²) in [6.07, 6.45) is 8.06. The summed E-state index contributed by atoms with van der Waals surface area (Å²) >= 11 is 0. The average Bonchev–Trinajstić information content (AvgIpc) is 3.41. The van der Waals surface area contributed by atoms with E-state index in [1.165, 1.54) is 25.7 Å². The van der Waals surface area contributed by atoms with E-state index in [4.69, 9.17) is 0 Å². The van der Waals surface area contributed by atoms with Crippen molar-refractivity contribution in [1.29, 1.82) is 0 Å². The van der Waals surface area contributed by atoms with E-state index in [0.29, 0.717) is 34.9 Å². The molecule has 30 heavy (non-hydrogen) atoms. The summed E-state index contributed by atoms with van der Waals surface area (Å²) in [5.41, 5.74) is 2.85. The molecule has 158 valence electrons. The lowest BCUT2D eigenvalue weighted by Gasteiger charge is -2.10. The number of aromatic nitrogens is 3. The number of nitrogens with one attached hydrogen (secondary N) is 2. The standard InChI is InChI=1S/C22H26N4O3S/c1-14(2)30(28,29)17-9-7-16(8-10-17)19-13-24-21-20(26-19)18(12-23-21)22(27)25-11-15-5-3-4-6-15/h7-10,12-15H,3-6,11H2,1-2H3,(H,23,24)(H,25,27). The monoisotopic (exact) mass is 426 g/mol. The number of rotatable bonds is 6. The third-order valence-corrected chi connectivity index (χ3v) is 7.92. The van der Waals surface area contributed by atoms with Crippen molar-refractivity contribution in [3.05, 3.63) is 42.2 Å². The fourth-order valence-corrected chi connectivity index (χ4v) is 4.90. The van der Waals surface area contributed by atoms with Gasteiger partial charge in [0.1, 0.15) is 5.52 Å². The maximum absolute atomic E-state index is 12.7. The largest absolute Gasteiger partial charge is 0.352 e. The molecule has 2 heterocycles. The van der Waals surface area contributed by atoms with Crippen LogP contribution in [0.15, 0.2) is 41.6 Å². The molecule has 4 rings (SSSR count). The Labute approximate surface area is 176 Å². The molecule has 2 N–H and O–H groups in total. The minimum atomic E-state index is -3.33.